The molecule has 0 radical (unpaired) electrons. The lowest BCUT2D eigenvalue weighted by Crippen LogP contribution is -2.36. The number of pyridine rings is 1. The van der Waals surface area contributed by atoms with Gasteiger partial charge in [-0.3, -0.25) is 9.78 Å². The maximum atomic E-state index is 12.1. The Morgan fingerprint density at radius 3 is 2.74 bits per heavy atom. The molecule has 0 unspecified atom stereocenters. The first-order valence-corrected chi connectivity index (χ1v) is 7.63. The van der Waals surface area contributed by atoms with Crippen molar-refractivity contribution in [3.8, 4) is 11.3 Å². The number of aromatic nitrogens is 1. The number of nitrogens with zero attached hydrogens (tertiary/aromatic N) is 2. The van der Waals surface area contributed by atoms with Crippen LogP contribution in [0.5, 0.6) is 0 Å². The lowest BCUT2D eigenvalue weighted by molar-refractivity contribution is 0.120. The highest BCUT2D eigenvalue weighted by Crippen LogP contribution is 2.28. The van der Waals surface area contributed by atoms with Crippen LogP contribution < -0.4 is 10.3 Å². The minimum Gasteiger partial charge on any atom is -0.440 e. The van der Waals surface area contributed by atoms with Crippen molar-refractivity contribution >= 4 is 16.8 Å². The van der Waals surface area contributed by atoms with Crippen LogP contribution in [0.2, 0.25) is 0 Å². The Morgan fingerprint density at radius 2 is 1.87 bits per heavy atom. The molecule has 0 amide bonds. The number of ether oxygens (including phenoxy) is 1. The maximum absolute atomic E-state index is 12.1. The van der Waals surface area contributed by atoms with Crippen molar-refractivity contribution < 1.29 is 9.15 Å². The molecule has 1 aliphatic rings. The Morgan fingerprint density at radius 1 is 1.04 bits per heavy atom. The van der Waals surface area contributed by atoms with Crippen molar-refractivity contribution in [3.05, 3.63) is 58.9 Å². The van der Waals surface area contributed by atoms with Crippen LogP contribution >= 0.6 is 0 Å². The summed E-state index contributed by atoms with van der Waals surface area (Å²) in [5.41, 5.74) is 1.59. The molecular formula is C18H16N2O3. The average Bonchev–Trinajstić information content (AvgIpc) is 2.61. The molecule has 0 saturated carbocycles. The van der Waals surface area contributed by atoms with Crippen molar-refractivity contribution in [3.63, 3.8) is 0 Å². The van der Waals surface area contributed by atoms with Gasteiger partial charge in [-0.25, -0.2) is 0 Å². The molecule has 1 fully saturated rings. The third-order valence-corrected chi connectivity index (χ3v) is 3.97. The zero-order valence-electron chi connectivity index (χ0n) is 12.6. The van der Waals surface area contributed by atoms with Gasteiger partial charge in [-0.05, 0) is 12.1 Å². The number of hydrogen-bond acceptors (Lipinski definition) is 5. The van der Waals surface area contributed by atoms with Gasteiger partial charge in [0, 0.05) is 42.4 Å². The maximum Gasteiger partial charge on any atom is 0.200 e. The van der Waals surface area contributed by atoms with Gasteiger partial charge in [0.2, 0.25) is 0 Å². The van der Waals surface area contributed by atoms with E-state index in [1.54, 1.807) is 6.20 Å². The molecule has 2 aromatic heterocycles. The van der Waals surface area contributed by atoms with E-state index >= 15 is 0 Å². The molecular weight excluding hydrogens is 292 g/mol. The molecule has 3 aromatic rings. The second-order valence-electron chi connectivity index (χ2n) is 5.48. The smallest absolute Gasteiger partial charge is 0.200 e. The SMILES string of the molecule is O=c1cc(-c2cccc3cccnc23)oc(N2CCOCC2)c1. The number of para-hydroxylation sites is 1. The first-order chi connectivity index (χ1) is 11.3. The number of benzene rings is 1. The third-order valence-electron chi connectivity index (χ3n) is 3.97. The summed E-state index contributed by atoms with van der Waals surface area (Å²) in [6.07, 6.45) is 1.75. The van der Waals surface area contributed by atoms with Crippen LogP contribution in [0.4, 0.5) is 5.88 Å². The summed E-state index contributed by atoms with van der Waals surface area (Å²) in [5, 5.41) is 1.02. The summed E-state index contributed by atoms with van der Waals surface area (Å²) >= 11 is 0. The molecule has 1 aliphatic heterocycles. The van der Waals surface area contributed by atoms with E-state index < -0.39 is 0 Å². The molecule has 1 saturated heterocycles. The number of fused-ring (bicyclic) bond motifs is 1. The van der Waals surface area contributed by atoms with Crippen LogP contribution in [-0.4, -0.2) is 31.3 Å². The fourth-order valence-corrected chi connectivity index (χ4v) is 2.84. The molecule has 4 rings (SSSR count). The zero-order chi connectivity index (χ0) is 15.6. The van der Waals surface area contributed by atoms with Crippen LogP contribution in [-0.2, 0) is 4.74 Å². The van der Waals surface area contributed by atoms with Gasteiger partial charge in [0.1, 0.15) is 5.76 Å². The number of hydrogen-bond donors (Lipinski definition) is 0. The molecule has 5 heteroatoms. The van der Waals surface area contributed by atoms with Crippen molar-refractivity contribution in [2.24, 2.45) is 0 Å². The Labute approximate surface area is 133 Å². The topological polar surface area (TPSA) is 55.6 Å². The molecule has 0 atom stereocenters. The van der Waals surface area contributed by atoms with E-state index in [4.69, 9.17) is 9.15 Å². The normalized spacial score (nSPS) is 15.0. The molecule has 23 heavy (non-hydrogen) atoms. The van der Waals surface area contributed by atoms with E-state index in [1.807, 2.05) is 35.2 Å². The van der Waals surface area contributed by atoms with Gasteiger partial charge in [-0.2, -0.15) is 0 Å². The van der Waals surface area contributed by atoms with Crippen molar-refractivity contribution in [1.82, 2.24) is 4.98 Å². The predicted octanol–water partition coefficient (Wildman–Crippen LogP) is 2.69. The fraction of sp³-hybridized carbons (Fsp3) is 0.222. The van der Waals surface area contributed by atoms with Crippen LogP contribution in [0.15, 0.2) is 57.9 Å². The molecule has 0 aliphatic carbocycles. The van der Waals surface area contributed by atoms with Gasteiger partial charge in [0.25, 0.3) is 0 Å². The van der Waals surface area contributed by atoms with Gasteiger partial charge in [0.05, 0.1) is 18.7 Å². The number of anilines is 1. The van der Waals surface area contributed by atoms with Gasteiger partial charge < -0.3 is 14.1 Å². The fourth-order valence-electron chi connectivity index (χ4n) is 2.84. The molecule has 0 spiro atoms. The van der Waals surface area contributed by atoms with Crippen LogP contribution in [0.3, 0.4) is 0 Å². The summed E-state index contributed by atoms with van der Waals surface area (Å²) in [6.45, 7) is 2.73. The Hall–Kier alpha value is -2.66. The minimum atomic E-state index is -0.0688. The van der Waals surface area contributed by atoms with Crippen molar-refractivity contribution in [2.45, 2.75) is 0 Å². The minimum absolute atomic E-state index is 0.0688. The first kappa shape index (κ1) is 14.0. The van der Waals surface area contributed by atoms with Gasteiger partial charge in [0.15, 0.2) is 11.3 Å². The van der Waals surface area contributed by atoms with E-state index in [-0.39, 0.29) is 5.43 Å². The second-order valence-corrected chi connectivity index (χ2v) is 5.48. The number of rotatable bonds is 2. The van der Waals surface area contributed by atoms with E-state index in [9.17, 15) is 4.79 Å². The highest BCUT2D eigenvalue weighted by atomic mass is 16.5. The summed E-state index contributed by atoms with van der Waals surface area (Å²) in [7, 11) is 0. The van der Waals surface area contributed by atoms with E-state index in [0.717, 1.165) is 29.6 Å². The van der Waals surface area contributed by atoms with Gasteiger partial charge in [-0.15, -0.1) is 0 Å². The van der Waals surface area contributed by atoms with Crippen LogP contribution in [0, 0.1) is 0 Å². The molecule has 3 heterocycles. The Bertz CT molecular complexity index is 893. The van der Waals surface area contributed by atoms with Crippen LogP contribution in [0.1, 0.15) is 0 Å². The summed E-state index contributed by atoms with van der Waals surface area (Å²) in [6, 6.07) is 12.8. The van der Waals surface area contributed by atoms with E-state index in [1.165, 1.54) is 12.1 Å². The lowest BCUT2D eigenvalue weighted by Gasteiger charge is -2.27. The highest BCUT2D eigenvalue weighted by Gasteiger charge is 2.16. The summed E-state index contributed by atoms with van der Waals surface area (Å²) in [4.78, 5) is 18.6. The van der Waals surface area contributed by atoms with Gasteiger partial charge >= 0.3 is 0 Å². The monoisotopic (exact) mass is 308 g/mol. The van der Waals surface area contributed by atoms with Crippen molar-refractivity contribution in [2.75, 3.05) is 31.2 Å². The summed E-state index contributed by atoms with van der Waals surface area (Å²) in [5.74, 6) is 1.13. The molecule has 116 valence electrons. The zero-order valence-corrected chi connectivity index (χ0v) is 12.6. The second kappa shape index (κ2) is 5.85. The molecule has 0 bridgehead atoms. The lowest BCUT2D eigenvalue weighted by atomic mass is 10.1. The van der Waals surface area contributed by atoms with E-state index in [0.29, 0.717) is 24.9 Å². The highest BCUT2D eigenvalue weighted by molar-refractivity contribution is 5.92. The number of morpholine rings is 1. The quantitative estimate of drug-likeness (QED) is 0.728. The largest absolute Gasteiger partial charge is 0.440 e. The van der Waals surface area contributed by atoms with Gasteiger partial charge in [-0.1, -0.05) is 18.2 Å². The Balaban J connectivity index is 1.85. The molecule has 1 aromatic carbocycles. The average molecular weight is 308 g/mol. The standard InChI is InChI=1S/C18H16N2O3/c21-14-11-16(23-17(12-14)20-7-9-22-10-8-20)15-5-1-3-13-4-2-6-19-18(13)15/h1-6,11-12H,7-10H2. The summed E-state index contributed by atoms with van der Waals surface area (Å²) < 4.78 is 11.4. The Kier molecular flexibility index (Phi) is 3.55. The third kappa shape index (κ3) is 2.71. The molecule has 0 N–H and O–H groups in total. The molecule has 5 nitrogen and oxygen atoms in total. The van der Waals surface area contributed by atoms with Crippen LogP contribution in [0.25, 0.3) is 22.2 Å². The predicted molar refractivity (Wildman–Crippen MR) is 88.7 cm³/mol. The van der Waals surface area contributed by atoms with Crippen molar-refractivity contribution in [1.29, 1.82) is 0 Å². The van der Waals surface area contributed by atoms with E-state index in [2.05, 4.69) is 4.98 Å². The first-order valence-electron chi connectivity index (χ1n) is 7.63.